The topological polar surface area (TPSA) is 102 Å². The number of hydrogen-bond donors (Lipinski definition) is 2. The number of oxazole rings is 1. The number of aryl methyl sites for hydroxylation is 1. The summed E-state index contributed by atoms with van der Waals surface area (Å²) in [6, 6.07) is 3.35. The SMILES string of the molecule is CC(=O)NC(C(=O)O)c1ccc2oc(=O)n(C)c2c1. The summed E-state index contributed by atoms with van der Waals surface area (Å²) >= 11 is 0. The van der Waals surface area contributed by atoms with Crippen LogP contribution in [-0.4, -0.2) is 21.6 Å². The van der Waals surface area contributed by atoms with Gasteiger partial charge in [0.1, 0.15) is 0 Å². The minimum absolute atomic E-state index is 0.364. The highest BCUT2D eigenvalue weighted by molar-refractivity contribution is 5.84. The summed E-state index contributed by atoms with van der Waals surface area (Å²) in [5.74, 6) is -2.16. The summed E-state index contributed by atoms with van der Waals surface area (Å²) in [5, 5.41) is 11.4. The molecule has 0 aliphatic heterocycles. The number of fused-ring (bicyclic) bond motifs is 1. The third-order valence-electron chi connectivity index (χ3n) is 2.74. The molecule has 1 unspecified atom stereocenters. The van der Waals surface area contributed by atoms with Crippen LogP contribution in [0.2, 0.25) is 0 Å². The Morgan fingerprint density at radius 1 is 1.42 bits per heavy atom. The molecule has 0 spiro atoms. The van der Waals surface area contributed by atoms with Crippen LogP contribution in [0, 0.1) is 0 Å². The second kappa shape index (κ2) is 4.60. The fourth-order valence-electron chi connectivity index (χ4n) is 1.81. The highest BCUT2D eigenvalue weighted by atomic mass is 16.4. The van der Waals surface area contributed by atoms with Crippen LogP contribution in [0.3, 0.4) is 0 Å². The largest absolute Gasteiger partial charge is 0.479 e. The molecule has 2 rings (SSSR count). The van der Waals surface area contributed by atoms with Gasteiger partial charge in [0.15, 0.2) is 11.6 Å². The second-order valence-corrected chi connectivity index (χ2v) is 4.13. The van der Waals surface area contributed by atoms with Crippen LogP contribution < -0.4 is 11.1 Å². The third kappa shape index (κ3) is 2.35. The standard InChI is InChI=1S/C12H12N2O5/c1-6(15)13-10(11(16)17)7-3-4-9-8(5-7)14(2)12(18)19-9/h3-5,10H,1-2H3,(H,13,15)(H,16,17). The second-order valence-electron chi connectivity index (χ2n) is 4.13. The number of nitrogens with one attached hydrogen (secondary N) is 1. The minimum Gasteiger partial charge on any atom is -0.479 e. The molecule has 100 valence electrons. The number of nitrogens with zero attached hydrogens (tertiary/aromatic N) is 1. The molecule has 2 N–H and O–H groups in total. The Hall–Kier alpha value is -2.57. The molecule has 1 aromatic carbocycles. The highest BCUT2D eigenvalue weighted by Gasteiger charge is 2.21. The summed E-state index contributed by atoms with van der Waals surface area (Å²) in [7, 11) is 1.52. The molecule has 7 heteroatoms. The third-order valence-corrected chi connectivity index (χ3v) is 2.74. The molecule has 0 saturated carbocycles. The van der Waals surface area contributed by atoms with Crippen molar-refractivity contribution in [3.05, 3.63) is 34.3 Å². The Bertz CT molecular complexity index is 712. The first kappa shape index (κ1) is 12.9. The van der Waals surface area contributed by atoms with Gasteiger partial charge in [0.05, 0.1) is 5.52 Å². The molecule has 7 nitrogen and oxygen atoms in total. The van der Waals surface area contributed by atoms with Crippen LogP contribution in [0.15, 0.2) is 27.4 Å². The molecule has 1 atom stereocenters. The fourth-order valence-corrected chi connectivity index (χ4v) is 1.81. The lowest BCUT2D eigenvalue weighted by atomic mass is 10.1. The Labute approximate surface area is 107 Å². The summed E-state index contributed by atoms with van der Waals surface area (Å²) in [6.07, 6.45) is 0. The van der Waals surface area contributed by atoms with Crippen LogP contribution in [0.5, 0.6) is 0 Å². The molecule has 1 amide bonds. The molecule has 2 aromatic rings. The van der Waals surface area contributed by atoms with Crippen molar-refractivity contribution in [2.24, 2.45) is 7.05 Å². The van der Waals surface area contributed by atoms with E-state index in [0.29, 0.717) is 16.7 Å². The number of amides is 1. The predicted molar refractivity (Wildman–Crippen MR) is 65.6 cm³/mol. The van der Waals surface area contributed by atoms with Gasteiger partial charge in [-0.15, -0.1) is 0 Å². The zero-order valence-corrected chi connectivity index (χ0v) is 10.3. The van der Waals surface area contributed by atoms with Crippen LogP contribution in [0.4, 0.5) is 0 Å². The predicted octanol–water partition coefficient (Wildman–Crippen LogP) is 0.393. The molecule has 0 saturated heterocycles. The van der Waals surface area contributed by atoms with E-state index in [-0.39, 0.29) is 0 Å². The minimum atomic E-state index is -1.18. The average Bonchev–Trinajstić information content (AvgIpc) is 2.61. The van der Waals surface area contributed by atoms with Crippen LogP contribution in [-0.2, 0) is 16.6 Å². The Morgan fingerprint density at radius 2 is 2.11 bits per heavy atom. The van der Waals surface area contributed by atoms with E-state index in [2.05, 4.69) is 5.32 Å². The van der Waals surface area contributed by atoms with Crippen LogP contribution in [0.1, 0.15) is 18.5 Å². The van der Waals surface area contributed by atoms with Crippen molar-refractivity contribution in [3.8, 4) is 0 Å². The summed E-state index contributed by atoms with van der Waals surface area (Å²) in [6.45, 7) is 1.24. The molecule has 19 heavy (non-hydrogen) atoms. The van der Waals surface area contributed by atoms with Gasteiger partial charge in [-0.05, 0) is 17.7 Å². The number of carboxylic acids is 1. The van der Waals surface area contributed by atoms with Crippen LogP contribution >= 0.6 is 0 Å². The van der Waals surface area contributed by atoms with Crippen LogP contribution in [0.25, 0.3) is 11.1 Å². The lowest BCUT2D eigenvalue weighted by molar-refractivity contribution is -0.141. The van der Waals surface area contributed by atoms with Gasteiger partial charge >= 0.3 is 11.7 Å². The number of rotatable bonds is 3. The van der Waals surface area contributed by atoms with Crippen molar-refractivity contribution in [1.82, 2.24) is 9.88 Å². The number of carbonyl (C=O) groups excluding carboxylic acids is 1. The molecule has 1 aromatic heterocycles. The van der Waals surface area contributed by atoms with Crippen molar-refractivity contribution < 1.29 is 19.1 Å². The first-order valence-corrected chi connectivity index (χ1v) is 5.49. The van der Waals surface area contributed by atoms with Gasteiger partial charge in [0, 0.05) is 14.0 Å². The molecule has 0 aliphatic rings. The van der Waals surface area contributed by atoms with Crippen molar-refractivity contribution in [2.75, 3.05) is 0 Å². The van der Waals surface area contributed by atoms with Gasteiger partial charge in [-0.1, -0.05) is 6.07 Å². The van der Waals surface area contributed by atoms with Gasteiger partial charge in [0.25, 0.3) is 0 Å². The number of aliphatic carboxylic acids is 1. The monoisotopic (exact) mass is 264 g/mol. The van der Waals surface area contributed by atoms with E-state index in [1.165, 1.54) is 36.7 Å². The maximum Gasteiger partial charge on any atom is 0.419 e. The maximum absolute atomic E-state index is 11.3. The lowest BCUT2D eigenvalue weighted by Crippen LogP contribution is -2.31. The number of hydrogen-bond acceptors (Lipinski definition) is 4. The van der Waals surface area contributed by atoms with E-state index in [1.54, 1.807) is 0 Å². The van der Waals surface area contributed by atoms with E-state index in [0.717, 1.165) is 0 Å². The first-order valence-electron chi connectivity index (χ1n) is 5.49. The Balaban J connectivity index is 2.54. The summed E-state index contributed by atoms with van der Waals surface area (Å²) in [5.41, 5.74) is 1.20. The van der Waals surface area contributed by atoms with Crippen molar-refractivity contribution in [3.63, 3.8) is 0 Å². The number of carboxylic acid groups (broad SMARTS) is 1. The van der Waals surface area contributed by atoms with E-state index in [4.69, 9.17) is 9.52 Å². The fraction of sp³-hybridized carbons (Fsp3) is 0.250. The summed E-state index contributed by atoms with van der Waals surface area (Å²) < 4.78 is 6.22. The smallest absolute Gasteiger partial charge is 0.419 e. The zero-order chi connectivity index (χ0) is 14.2. The molecule has 0 aliphatic carbocycles. The molecular formula is C12H12N2O5. The molecule has 0 radical (unpaired) electrons. The maximum atomic E-state index is 11.3. The van der Waals surface area contributed by atoms with Crippen molar-refractivity contribution in [2.45, 2.75) is 13.0 Å². The molecule has 0 fully saturated rings. The first-order chi connectivity index (χ1) is 8.90. The van der Waals surface area contributed by atoms with E-state index in [1.807, 2.05) is 0 Å². The van der Waals surface area contributed by atoms with E-state index >= 15 is 0 Å². The normalized spacial score (nSPS) is 12.3. The lowest BCUT2D eigenvalue weighted by Gasteiger charge is -2.13. The number of benzene rings is 1. The van der Waals surface area contributed by atoms with Gasteiger partial charge < -0.3 is 14.8 Å². The molecular weight excluding hydrogens is 252 g/mol. The van der Waals surface area contributed by atoms with Gasteiger partial charge in [-0.25, -0.2) is 9.59 Å². The zero-order valence-electron chi connectivity index (χ0n) is 10.3. The van der Waals surface area contributed by atoms with E-state index in [9.17, 15) is 14.4 Å². The highest BCUT2D eigenvalue weighted by Crippen LogP contribution is 2.20. The Morgan fingerprint density at radius 3 is 2.68 bits per heavy atom. The molecule has 1 heterocycles. The number of aromatic nitrogens is 1. The van der Waals surface area contributed by atoms with Gasteiger partial charge in [-0.2, -0.15) is 0 Å². The van der Waals surface area contributed by atoms with Gasteiger partial charge in [0.2, 0.25) is 5.91 Å². The van der Waals surface area contributed by atoms with E-state index < -0.39 is 23.7 Å². The summed E-state index contributed by atoms with van der Waals surface area (Å²) in [4.78, 5) is 33.5. The van der Waals surface area contributed by atoms with Crippen molar-refractivity contribution >= 4 is 23.0 Å². The molecule has 0 bridgehead atoms. The van der Waals surface area contributed by atoms with Crippen molar-refractivity contribution in [1.29, 1.82) is 0 Å². The quantitative estimate of drug-likeness (QED) is 0.835. The average molecular weight is 264 g/mol. The Kier molecular flexibility index (Phi) is 3.12. The van der Waals surface area contributed by atoms with Gasteiger partial charge in [-0.3, -0.25) is 9.36 Å². The number of carbonyl (C=O) groups is 2.